The SMILES string of the molecule is O=S(=O)(Nc1ccc(F)cc1)c1ccc2c(c1)[C@H]1C=CC[C@H]1[C@@H](c1ccc(Br)cc1)N2. The van der Waals surface area contributed by atoms with Gasteiger partial charge in [-0.05, 0) is 78.1 Å². The van der Waals surface area contributed by atoms with Gasteiger partial charge in [0.25, 0.3) is 10.0 Å². The van der Waals surface area contributed by atoms with Gasteiger partial charge in [0.1, 0.15) is 5.82 Å². The Kier molecular flexibility index (Phi) is 5.10. The first-order valence-electron chi connectivity index (χ1n) is 10.0. The van der Waals surface area contributed by atoms with Gasteiger partial charge in [-0.3, -0.25) is 4.72 Å². The lowest BCUT2D eigenvalue weighted by atomic mass is 9.77. The third-order valence-electron chi connectivity index (χ3n) is 5.97. The van der Waals surface area contributed by atoms with Gasteiger partial charge in [0.2, 0.25) is 0 Å². The van der Waals surface area contributed by atoms with Gasteiger partial charge < -0.3 is 5.32 Å². The number of hydrogen-bond donors (Lipinski definition) is 2. The summed E-state index contributed by atoms with van der Waals surface area (Å²) in [5, 5.41) is 3.63. The van der Waals surface area contributed by atoms with Crippen LogP contribution in [0.1, 0.15) is 29.5 Å². The summed E-state index contributed by atoms with van der Waals surface area (Å²) in [6.07, 6.45) is 5.29. The predicted octanol–water partition coefficient (Wildman–Crippen LogP) is 6.22. The molecule has 0 fully saturated rings. The van der Waals surface area contributed by atoms with Gasteiger partial charge in [-0.25, -0.2) is 12.8 Å². The van der Waals surface area contributed by atoms with Gasteiger partial charge in [-0.2, -0.15) is 0 Å². The predicted molar refractivity (Wildman–Crippen MR) is 124 cm³/mol. The first kappa shape index (κ1) is 20.3. The van der Waals surface area contributed by atoms with Crippen LogP contribution in [0.5, 0.6) is 0 Å². The fraction of sp³-hybridized carbons (Fsp3) is 0.167. The van der Waals surface area contributed by atoms with Crippen LogP contribution in [0.3, 0.4) is 0 Å². The molecule has 2 N–H and O–H groups in total. The van der Waals surface area contributed by atoms with Gasteiger partial charge in [0.15, 0.2) is 0 Å². The molecule has 0 aromatic heterocycles. The summed E-state index contributed by atoms with van der Waals surface area (Å²) in [7, 11) is -3.79. The van der Waals surface area contributed by atoms with Crippen molar-refractivity contribution in [1.82, 2.24) is 0 Å². The van der Waals surface area contributed by atoms with Crippen LogP contribution in [0.2, 0.25) is 0 Å². The van der Waals surface area contributed by atoms with E-state index in [-0.39, 0.29) is 16.9 Å². The number of halogens is 2. The van der Waals surface area contributed by atoms with Crippen LogP contribution < -0.4 is 10.0 Å². The second-order valence-corrected chi connectivity index (χ2v) is 10.5. The average Bonchev–Trinajstić information content (AvgIpc) is 3.25. The third kappa shape index (κ3) is 3.88. The smallest absolute Gasteiger partial charge is 0.261 e. The van der Waals surface area contributed by atoms with E-state index >= 15 is 0 Å². The zero-order valence-electron chi connectivity index (χ0n) is 16.4. The summed E-state index contributed by atoms with van der Waals surface area (Å²) >= 11 is 3.49. The Labute approximate surface area is 189 Å². The summed E-state index contributed by atoms with van der Waals surface area (Å²) in [4.78, 5) is 0.193. The minimum atomic E-state index is -3.79. The lowest BCUT2D eigenvalue weighted by Gasteiger charge is -2.37. The molecule has 1 aliphatic carbocycles. The minimum Gasteiger partial charge on any atom is -0.378 e. The van der Waals surface area contributed by atoms with E-state index in [2.05, 4.69) is 50.3 Å². The fourth-order valence-corrected chi connectivity index (χ4v) is 5.83. The monoisotopic (exact) mass is 498 g/mol. The molecule has 158 valence electrons. The quantitative estimate of drug-likeness (QED) is 0.420. The van der Waals surface area contributed by atoms with Crippen LogP contribution >= 0.6 is 15.9 Å². The Bertz CT molecular complexity index is 1260. The lowest BCUT2D eigenvalue weighted by molar-refractivity contribution is 0.425. The van der Waals surface area contributed by atoms with Crippen molar-refractivity contribution in [1.29, 1.82) is 0 Å². The van der Waals surface area contributed by atoms with E-state index in [4.69, 9.17) is 0 Å². The van der Waals surface area contributed by atoms with E-state index in [0.717, 1.165) is 22.1 Å². The second-order valence-electron chi connectivity index (χ2n) is 7.89. The maximum absolute atomic E-state index is 13.1. The molecule has 0 radical (unpaired) electrons. The van der Waals surface area contributed by atoms with E-state index in [0.29, 0.717) is 11.6 Å². The third-order valence-corrected chi connectivity index (χ3v) is 7.88. The Balaban J connectivity index is 1.48. The highest BCUT2D eigenvalue weighted by Crippen LogP contribution is 2.50. The van der Waals surface area contributed by atoms with Crippen molar-refractivity contribution in [2.45, 2.75) is 23.3 Å². The molecule has 0 bridgehead atoms. The summed E-state index contributed by atoms with van der Waals surface area (Å²) in [6.45, 7) is 0. The highest BCUT2D eigenvalue weighted by molar-refractivity contribution is 9.10. The van der Waals surface area contributed by atoms with Gasteiger partial charge >= 0.3 is 0 Å². The van der Waals surface area contributed by atoms with Crippen molar-refractivity contribution in [3.63, 3.8) is 0 Å². The summed E-state index contributed by atoms with van der Waals surface area (Å²) in [5.74, 6) is 0.0461. The first-order chi connectivity index (χ1) is 14.9. The zero-order valence-corrected chi connectivity index (χ0v) is 18.8. The lowest BCUT2D eigenvalue weighted by Crippen LogP contribution is -2.29. The van der Waals surface area contributed by atoms with Crippen LogP contribution in [0.15, 0.2) is 88.3 Å². The van der Waals surface area contributed by atoms with Crippen molar-refractivity contribution in [2.24, 2.45) is 5.92 Å². The van der Waals surface area contributed by atoms with Crippen LogP contribution in [0.4, 0.5) is 15.8 Å². The number of anilines is 2. The highest BCUT2D eigenvalue weighted by Gasteiger charge is 2.38. The molecule has 3 aromatic rings. The largest absolute Gasteiger partial charge is 0.378 e. The first-order valence-corrected chi connectivity index (χ1v) is 12.3. The van der Waals surface area contributed by atoms with Crippen molar-refractivity contribution in [3.8, 4) is 0 Å². The maximum atomic E-state index is 13.1. The fourth-order valence-electron chi connectivity index (χ4n) is 4.47. The van der Waals surface area contributed by atoms with Crippen LogP contribution in [-0.2, 0) is 10.0 Å². The molecule has 2 aliphatic rings. The van der Waals surface area contributed by atoms with Crippen LogP contribution in [0.25, 0.3) is 0 Å². The van der Waals surface area contributed by atoms with Crippen molar-refractivity contribution >= 4 is 37.3 Å². The number of benzene rings is 3. The van der Waals surface area contributed by atoms with Crippen molar-refractivity contribution in [2.75, 3.05) is 10.0 Å². The Morgan fingerprint density at radius 1 is 1.00 bits per heavy atom. The van der Waals surface area contributed by atoms with Crippen LogP contribution in [0, 0.1) is 11.7 Å². The topological polar surface area (TPSA) is 58.2 Å². The van der Waals surface area contributed by atoms with E-state index in [1.54, 1.807) is 12.1 Å². The molecule has 0 unspecified atom stereocenters. The molecule has 7 heteroatoms. The summed E-state index contributed by atoms with van der Waals surface area (Å²) in [5.41, 5.74) is 3.46. The summed E-state index contributed by atoms with van der Waals surface area (Å²) < 4.78 is 42.6. The Morgan fingerprint density at radius 3 is 2.48 bits per heavy atom. The molecule has 1 heterocycles. The standard InChI is InChI=1S/C24H20BrFN2O2S/c25-16-6-4-15(5-7-16)24-21-3-1-2-20(21)22-14-19(12-13-23(22)27-24)31(29,30)28-18-10-8-17(26)9-11-18/h1-2,4-14,20-21,24,27-28H,3H2/t20-,21+,24+/m0/s1. The zero-order chi connectivity index (χ0) is 21.6. The molecule has 5 rings (SSSR count). The molecule has 3 aromatic carbocycles. The molecule has 0 saturated heterocycles. The normalized spacial score (nSPS) is 21.8. The molecule has 3 atom stereocenters. The van der Waals surface area contributed by atoms with E-state index in [9.17, 15) is 12.8 Å². The maximum Gasteiger partial charge on any atom is 0.261 e. The average molecular weight is 499 g/mol. The molecule has 0 saturated carbocycles. The second kappa shape index (κ2) is 7.80. The van der Waals surface area contributed by atoms with Crippen molar-refractivity contribution in [3.05, 3.63) is 100 Å². The number of fused-ring (bicyclic) bond motifs is 3. The van der Waals surface area contributed by atoms with E-state index < -0.39 is 15.8 Å². The number of hydrogen-bond acceptors (Lipinski definition) is 3. The number of allylic oxidation sites excluding steroid dienone is 2. The van der Waals surface area contributed by atoms with Gasteiger partial charge in [0.05, 0.1) is 10.9 Å². The number of rotatable bonds is 4. The van der Waals surface area contributed by atoms with Crippen LogP contribution in [-0.4, -0.2) is 8.42 Å². The molecule has 31 heavy (non-hydrogen) atoms. The van der Waals surface area contributed by atoms with Gasteiger partial charge in [0, 0.05) is 21.8 Å². The van der Waals surface area contributed by atoms with Crippen molar-refractivity contribution < 1.29 is 12.8 Å². The van der Waals surface area contributed by atoms with Gasteiger partial charge in [-0.1, -0.05) is 40.2 Å². The molecule has 0 spiro atoms. The number of nitrogens with one attached hydrogen (secondary N) is 2. The minimum absolute atomic E-state index is 0.144. The molecular formula is C24H20BrFN2O2S. The number of sulfonamides is 1. The molecular weight excluding hydrogens is 479 g/mol. The van der Waals surface area contributed by atoms with E-state index in [1.165, 1.54) is 29.8 Å². The Hall–Kier alpha value is -2.64. The molecule has 1 aliphatic heterocycles. The van der Waals surface area contributed by atoms with Gasteiger partial charge in [-0.15, -0.1) is 0 Å². The Morgan fingerprint density at radius 2 is 1.74 bits per heavy atom. The highest BCUT2D eigenvalue weighted by atomic mass is 79.9. The van der Waals surface area contributed by atoms with E-state index in [1.807, 2.05) is 18.2 Å². The molecule has 4 nitrogen and oxygen atoms in total. The molecule has 0 amide bonds. The summed E-state index contributed by atoms with van der Waals surface area (Å²) in [6, 6.07) is 18.9.